The molecule has 0 aliphatic heterocycles. The molecule has 0 aromatic carbocycles. The molecule has 1 atom stereocenters. The molecule has 0 radical (unpaired) electrons. The molecule has 0 saturated heterocycles. The van der Waals surface area contributed by atoms with Crippen LogP contribution in [-0.4, -0.2) is 36.9 Å². The van der Waals surface area contributed by atoms with Crippen LogP contribution in [0, 0.1) is 0 Å². The van der Waals surface area contributed by atoms with Crippen LogP contribution < -0.4 is 51.4 Å². The molecular formula is C4H3F8KO4S. The Bertz CT molecular complexity index is 383. The van der Waals surface area contributed by atoms with Gasteiger partial charge in [-0.25, -0.2) is 4.39 Å². The van der Waals surface area contributed by atoms with Crippen molar-refractivity contribution in [1.82, 2.24) is 0 Å². The summed E-state index contributed by atoms with van der Waals surface area (Å²) in [4.78, 5) is 0. The van der Waals surface area contributed by atoms with Crippen LogP contribution in [0.5, 0.6) is 0 Å². The second-order valence-corrected chi connectivity index (χ2v) is 3.98. The van der Waals surface area contributed by atoms with Crippen molar-refractivity contribution in [2.75, 3.05) is 0 Å². The van der Waals surface area contributed by atoms with E-state index in [1.54, 1.807) is 0 Å². The third-order valence-electron chi connectivity index (χ3n) is 1.19. The topological polar surface area (TPSA) is 63.6 Å². The zero-order chi connectivity index (χ0) is 14.3. The van der Waals surface area contributed by atoms with E-state index >= 15 is 0 Å². The first kappa shape index (κ1) is 21.2. The van der Waals surface area contributed by atoms with Crippen LogP contribution in [0.1, 0.15) is 1.43 Å². The minimum Gasteiger partial charge on any atom is -1.00 e. The second kappa shape index (κ2) is 6.15. The number of alkyl halides is 8. The van der Waals surface area contributed by atoms with Gasteiger partial charge < -0.3 is 1.43 Å². The fraction of sp³-hybridized carbons (Fsp3) is 1.00. The third kappa shape index (κ3) is 4.81. The summed E-state index contributed by atoms with van der Waals surface area (Å²) in [6.45, 7) is 0. The van der Waals surface area contributed by atoms with Gasteiger partial charge in [-0.2, -0.15) is 39.2 Å². The van der Waals surface area contributed by atoms with Gasteiger partial charge in [0.2, 0.25) is 0 Å². The molecule has 0 fully saturated rings. The fourth-order valence-electron chi connectivity index (χ4n) is 0.382. The van der Waals surface area contributed by atoms with Crippen molar-refractivity contribution >= 4 is 10.1 Å². The molecule has 1 N–H and O–H groups in total. The van der Waals surface area contributed by atoms with Gasteiger partial charge in [-0.1, -0.05) is 0 Å². The predicted molar refractivity (Wildman–Crippen MR) is 34.6 cm³/mol. The molecule has 0 amide bonds. The van der Waals surface area contributed by atoms with E-state index in [1.807, 2.05) is 4.74 Å². The maximum absolute atomic E-state index is 12.2. The molecule has 0 aliphatic rings. The van der Waals surface area contributed by atoms with Gasteiger partial charge in [0, 0.05) is 0 Å². The third-order valence-corrected chi connectivity index (χ3v) is 2.06. The molecule has 1 unspecified atom stereocenters. The number of ether oxygens (including phenoxy) is 1. The molecule has 106 valence electrons. The first-order chi connectivity index (χ1) is 7.13. The van der Waals surface area contributed by atoms with Gasteiger partial charge in [0.1, 0.15) is 0 Å². The summed E-state index contributed by atoms with van der Waals surface area (Å²) in [5.74, 6) is 0. The average molecular weight is 338 g/mol. The van der Waals surface area contributed by atoms with Crippen LogP contribution in [0.3, 0.4) is 0 Å². The summed E-state index contributed by atoms with van der Waals surface area (Å²) >= 11 is 0. The Morgan fingerprint density at radius 2 is 1.39 bits per heavy atom. The first-order valence-corrected chi connectivity index (χ1v) is 4.68. The Morgan fingerprint density at radius 1 is 1.06 bits per heavy atom. The number of hydrogen-bond acceptors (Lipinski definition) is 3. The van der Waals surface area contributed by atoms with Gasteiger partial charge in [0.15, 0.2) is 0 Å². The van der Waals surface area contributed by atoms with Crippen molar-refractivity contribution in [2.45, 2.75) is 23.9 Å². The van der Waals surface area contributed by atoms with Crippen molar-refractivity contribution in [2.24, 2.45) is 0 Å². The fourth-order valence-corrected chi connectivity index (χ4v) is 0.665. The normalized spacial score (nSPS) is 16.1. The molecule has 0 aromatic rings. The molecule has 0 heterocycles. The maximum Gasteiger partial charge on any atom is 1.00 e. The largest absolute Gasteiger partial charge is 1.00 e. The average Bonchev–Trinajstić information content (AvgIpc) is 1.98. The van der Waals surface area contributed by atoms with Gasteiger partial charge in [-0.05, 0) is 0 Å². The van der Waals surface area contributed by atoms with Gasteiger partial charge in [0.25, 0.3) is 6.36 Å². The van der Waals surface area contributed by atoms with E-state index in [9.17, 15) is 43.5 Å². The van der Waals surface area contributed by atoms with E-state index in [-0.39, 0.29) is 52.8 Å². The SMILES string of the molecule is O=S(=O)(O)C(F)(F)C(F)OC(F)(F)C(F)(F)F.[H-].[K+]. The summed E-state index contributed by atoms with van der Waals surface area (Å²) in [5.41, 5.74) is 0. The van der Waals surface area contributed by atoms with Crippen LogP contribution >= 0.6 is 0 Å². The second-order valence-electron chi connectivity index (χ2n) is 2.49. The molecule has 18 heavy (non-hydrogen) atoms. The summed E-state index contributed by atoms with van der Waals surface area (Å²) in [7, 11) is -6.55. The molecule has 0 spiro atoms. The van der Waals surface area contributed by atoms with Crippen molar-refractivity contribution in [3.63, 3.8) is 0 Å². The molecule has 0 bridgehead atoms. The monoisotopic (exact) mass is 338 g/mol. The van der Waals surface area contributed by atoms with E-state index in [0.29, 0.717) is 0 Å². The Kier molecular flexibility index (Phi) is 7.26. The molecule has 0 saturated carbocycles. The number of rotatable bonds is 4. The van der Waals surface area contributed by atoms with Crippen LogP contribution in [0.2, 0.25) is 0 Å². The first-order valence-electron chi connectivity index (χ1n) is 3.24. The zero-order valence-electron chi connectivity index (χ0n) is 9.18. The minimum atomic E-state index is -6.55. The van der Waals surface area contributed by atoms with Crippen molar-refractivity contribution in [3.8, 4) is 0 Å². The molecule has 0 rings (SSSR count). The van der Waals surface area contributed by atoms with Crippen LogP contribution in [-0.2, 0) is 14.9 Å². The van der Waals surface area contributed by atoms with Crippen molar-refractivity contribution in [3.05, 3.63) is 0 Å². The van der Waals surface area contributed by atoms with E-state index in [0.717, 1.165) is 0 Å². The zero-order valence-corrected chi connectivity index (χ0v) is 12.1. The van der Waals surface area contributed by atoms with Gasteiger partial charge in [0.05, 0.1) is 0 Å². The summed E-state index contributed by atoms with van der Waals surface area (Å²) in [6, 6.07) is 0. The molecule has 14 heteroatoms. The number of halogens is 8. The van der Waals surface area contributed by atoms with Gasteiger partial charge in [-0.3, -0.25) is 9.29 Å². The Hall–Kier alpha value is 0.946. The predicted octanol–water partition coefficient (Wildman–Crippen LogP) is -0.949. The van der Waals surface area contributed by atoms with Gasteiger partial charge in [-0.15, -0.1) is 0 Å². The van der Waals surface area contributed by atoms with E-state index in [1.165, 1.54) is 0 Å². The Labute approximate surface area is 138 Å². The smallest absolute Gasteiger partial charge is 1.00 e. The van der Waals surface area contributed by atoms with Crippen LogP contribution in [0.4, 0.5) is 35.1 Å². The molecule has 0 aromatic heterocycles. The van der Waals surface area contributed by atoms with E-state index < -0.39 is 34.0 Å². The van der Waals surface area contributed by atoms with Crippen LogP contribution in [0.25, 0.3) is 0 Å². The van der Waals surface area contributed by atoms with Crippen molar-refractivity contribution in [1.29, 1.82) is 0 Å². The molecule has 4 nitrogen and oxygen atoms in total. The Balaban J connectivity index is -0.00000128. The summed E-state index contributed by atoms with van der Waals surface area (Å²) < 4.78 is 124. The molecule has 0 aliphatic carbocycles. The molecular weight excluding hydrogens is 335 g/mol. The maximum atomic E-state index is 12.2. The quantitative estimate of drug-likeness (QED) is 0.408. The van der Waals surface area contributed by atoms with E-state index in [4.69, 9.17) is 4.55 Å². The minimum absolute atomic E-state index is 0. The van der Waals surface area contributed by atoms with Crippen molar-refractivity contribution < 1.29 is 106 Å². The number of hydrogen-bond donors (Lipinski definition) is 1. The summed E-state index contributed by atoms with van der Waals surface area (Å²) in [5, 5.41) is -5.97. The van der Waals surface area contributed by atoms with E-state index in [2.05, 4.69) is 0 Å². The standard InChI is InChI=1S/C4H2F8O4S.K.H/c5-1(2(6,7)17(13,14)15)16-4(11,12)3(8,9)10;;/h1H,(H,13,14,15);;/q;+1;-1. The van der Waals surface area contributed by atoms with Gasteiger partial charge >= 0.3 is 79.0 Å². The Morgan fingerprint density at radius 3 is 1.61 bits per heavy atom. The van der Waals surface area contributed by atoms with Crippen LogP contribution in [0.15, 0.2) is 0 Å². The summed E-state index contributed by atoms with van der Waals surface area (Å²) in [6.07, 6.45) is -17.8.